The molecule has 1 aliphatic rings. The summed E-state index contributed by atoms with van der Waals surface area (Å²) >= 11 is 3.67. The Kier molecular flexibility index (Phi) is 7.52. The predicted molar refractivity (Wildman–Crippen MR) is 119 cm³/mol. The Bertz CT molecular complexity index is 765. The topological polar surface area (TPSA) is 71.9 Å². The van der Waals surface area contributed by atoms with E-state index in [9.17, 15) is 9.90 Å². The summed E-state index contributed by atoms with van der Waals surface area (Å²) in [6.45, 7) is 17.2. The van der Waals surface area contributed by atoms with Gasteiger partial charge < -0.3 is 19.5 Å². The Morgan fingerprint density at radius 2 is 1.93 bits per heavy atom. The van der Waals surface area contributed by atoms with Gasteiger partial charge in [-0.1, -0.05) is 6.08 Å². The van der Waals surface area contributed by atoms with Crippen molar-refractivity contribution in [2.45, 2.75) is 71.7 Å². The van der Waals surface area contributed by atoms with Crippen molar-refractivity contribution in [1.29, 1.82) is 0 Å². The number of aliphatic carboxylic acids is 1. The Morgan fingerprint density at radius 3 is 2.41 bits per heavy atom. The molecule has 1 aliphatic heterocycles. The third kappa shape index (κ3) is 5.80. The smallest absolute Gasteiger partial charge is 0.337 e. The number of carboxylic acid groups (broad SMARTS) is 1. The van der Waals surface area contributed by atoms with Crippen molar-refractivity contribution in [2.75, 3.05) is 24.6 Å². The van der Waals surface area contributed by atoms with E-state index in [0.717, 1.165) is 41.8 Å². The lowest BCUT2D eigenvalue weighted by Crippen LogP contribution is -2.45. The number of halogens is 1. The fourth-order valence-corrected chi connectivity index (χ4v) is 4.19. The van der Waals surface area contributed by atoms with Crippen LogP contribution >= 0.6 is 15.9 Å². The molecule has 1 N–H and O–H groups in total. The van der Waals surface area contributed by atoms with E-state index in [2.05, 4.69) is 39.3 Å². The average molecular weight is 469 g/mol. The van der Waals surface area contributed by atoms with Gasteiger partial charge in [-0.2, -0.15) is 0 Å². The van der Waals surface area contributed by atoms with E-state index in [1.807, 2.05) is 34.6 Å². The number of pyridine rings is 1. The summed E-state index contributed by atoms with van der Waals surface area (Å²) in [6, 6.07) is 0. The van der Waals surface area contributed by atoms with Gasteiger partial charge in [0.25, 0.3) is 0 Å². The molecule has 1 atom stereocenters. The third-order valence-electron chi connectivity index (χ3n) is 5.15. The van der Waals surface area contributed by atoms with Gasteiger partial charge in [0.2, 0.25) is 0 Å². The third-order valence-corrected chi connectivity index (χ3v) is 6.10. The molecule has 0 spiro atoms. The first kappa shape index (κ1) is 23.8. The van der Waals surface area contributed by atoms with E-state index in [-0.39, 0.29) is 5.60 Å². The molecule has 2 heterocycles. The van der Waals surface area contributed by atoms with E-state index in [4.69, 9.17) is 9.47 Å². The molecule has 0 amide bonds. The Morgan fingerprint density at radius 1 is 1.34 bits per heavy atom. The summed E-state index contributed by atoms with van der Waals surface area (Å²) in [5, 5.41) is 9.96. The van der Waals surface area contributed by atoms with E-state index in [1.165, 1.54) is 0 Å². The number of hydrogen-bond acceptors (Lipinski definition) is 5. The largest absolute Gasteiger partial charge is 0.479 e. The highest BCUT2D eigenvalue weighted by molar-refractivity contribution is 9.10. The minimum absolute atomic E-state index is 0.206. The van der Waals surface area contributed by atoms with Crippen LogP contribution in [0.15, 0.2) is 17.1 Å². The maximum Gasteiger partial charge on any atom is 0.337 e. The molecule has 1 aromatic rings. The first-order valence-corrected chi connectivity index (χ1v) is 10.7. The normalized spacial score (nSPS) is 17.8. The number of hydrogen-bond donors (Lipinski definition) is 1. The van der Waals surface area contributed by atoms with E-state index in [0.29, 0.717) is 17.9 Å². The Labute approximate surface area is 182 Å². The standard InChI is InChI=1S/C22H33BrN2O4/c1-8-13-28-22(7)9-11-25(12-10-22)18-16(14(2)24-15(3)17(18)23)19(20(26)27)29-21(4,5)6/h8,19H,1,9-13H2,2-7H3,(H,26,27). The first-order chi connectivity index (χ1) is 13.4. The molecule has 0 aromatic carbocycles. The molecule has 0 aliphatic carbocycles. The van der Waals surface area contributed by atoms with E-state index in [1.54, 1.807) is 6.08 Å². The molecule has 6 nitrogen and oxygen atoms in total. The minimum atomic E-state index is -1.10. The van der Waals surface area contributed by atoms with Crippen molar-refractivity contribution in [1.82, 2.24) is 4.98 Å². The van der Waals surface area contributed by atoms with Crippen LogP contribution in [-0.4, -0.2) is 47.0 Å². The monoisotopic (exact) mass is 468 g/mol. The van der Waals surface area contributed by atoms with Crippen LogP contribution in [-0.2, 0) is 14.3 Å². The van der Waals surface area contributed by atoms with Crippen LogP contribution in [0.3, 0.4) is 0 Å². The van der Waals surface area contributed by atoms with Crippen molar-refractivity contribution in [3.63, 3.8) is 0 Å². The molecule has 1 saturated heterocycles. The number of rotatable bonds is 7. The van der Waals surface area contributed by atoms with Gasteiger partial charge in [-0.15, -0.1) is 6.58 Å². The fourth-order valence-electron chi connectivity index (χ4n) is 3.64. The van der Waals surface area contributed by atoms with Crippen molar-refractivity contribution >= 4 is 27.6 Å². The van der Waals surface area contributed by atoms with Gasteiger partial charge in [0.1, 0.15) is 0 Å². The number of ether oxygens (including phenoxy) is 2. The van der Waals surface area contributed by atoms with Crippen LogP contribution in [0.25, 0.3) is 0 Å². The van der Waals surface area contributed by atoms with Gasteiger partial charge >= 0.3 is 5.97 Å². The van der Waals surface area contributed by atoms with Gasteiger partial charge in [0.05, 0.1) is 33.7 Å². The molecular formula is C22H33BrN2O4. The number of carbonyl (C=O) groups is 1. The number of nitrogens with zero attached hydrogens (tertiary/aromatic N) is 2. The van der Waals surface area contributed by atoms with Gasteiger partial charge in [-0.25, -0.2) is 4.79 Å². The molecule has 0 bridgehead atoms. The molecule has 162 valence electrons. The molecule has 0 radical (unpaired) electrons. The summed E-state index contributed by atoms with van der Waals surface area (Å²) in [5.74, 6) is -1.02. The molecule has 1 fully saturated rings. The summed E-state index contributed by atoms with van der Waals surface area (Å²) in [4.78, 5) is 19.0. The molecule has 0 saturated carbocycles. The second-order valence-electron chi connectivity index (χ2n) is 8.84. The summed E-state index contributed by atoms with van der Waals surface area (Å²) < 4.78 is 12.8. The highest BCUT2D eigenvalue weighted by Gasteiger charge is 2.37. The quantitative estimate of drug-likeness (QED) is 0.569. The maximum absolute atomic E-state index is 12.2. The van der Waals surface area contributed by atoms with Crippen LogP contribution in [0.1, 0.15) is 63.6 Å². The number of piperidine rings is 1. The summed E-state index contributed by atoms with van der Waals surface area (Å²) in [7, 11) is 0. The Hall–Kier alpha value is -1.44. The van der Waals surface area contributed by atoms with Crippen molar-refractivity contribution in [3.05, 3.63) is 34.1 Å². The molecular weight excluding hydrogens is 436 g/mol. The zero-order chi connectivity index (χ0) is 22.0. The SMILES string of the molecule is C=CCOC1(C)CCN(c2c(Br)c(C)nc(C)c2C(OC(C)(C)C)C(=O)O)CC1. The van der Waals surface area contributed by atoms with Crippen LogP contribution < -0.4 is 4.90 Å². The Balaban J connectivity index is 2.46. The van der Waals surface area contributed by atoms with Crippen LogP contribution in [0.2, 0.25) is 0 Å². The number of aryl methyl sites for hydroxylation is 2. The second kappa shape index (κ2) is 9.14. The van der Waals surface area contributed by atoms with Gasteiger partial charge in [-0.3, -0.25) is 4.98 Å². The van der Waals surface area contributed by atoms with Gasteiger partial charge in [-0.05, 0) is 70.3 Å². The molecule has 2 rings (SSSR count). The van der Waals surface area contributed by atoms with Gasteiger partial charge in [0, 0.05) is 24.3 Å². The van der Waals surface area contributed by atoms with Crippen LogP contribution in [0.5, 0.6) is 0 Å². The number of aromatic nitrogens is 1. The van der Waals surface area contributed by atoms with E-state index >= 15 is 0 Å². The zero-order valence-electron chi connectivity index (χ0n) is 18.3. The highest BCUT2D eigenvalue weighted by Crippen LogP contribution is 2.42. The predicted octanol–water partition coefficient (Wildman–Crippen LogP) is 4.96. The molecule has 1 unspecified atom stereocenters. The molecule has 29 heavy (non-hydrogen) atoms. The number of carboxylic acids is 1. The lowest BCUT2D eigenvalue weighted by Gasteiger charge is -2.42. The van der Waals surface area contributed by atoms with E-state index < -0.39 is 17.7 Å². The first-order valence-electron chi connectivity index (χ1n) is 9.95. The van der Waals surface area contributed by atoms with Crippen molar-refractivity contribution < 1.29 is 19.4 Å². The maximum atomic E-state index is 12.2. The molecule has 7 heteroatoms. The zero-order valence-corrected chi connectivity index (χ0v) is 19.9. The summed E-state index contributed by atoms with van der Waals surface area (Å²) in [6.07, 6.45) is 2.35. The van der Waals surface area contributed by atoms with Crippen molar-refractivity contribution in [2.24, 2.45) is 0 Å². The average Bonchev–Trinajstić information content (AvgIpc) is 2.61. The van der Waals surface area contributed by atoms with Crippen molar-refractivity contribution in [3.8, 4) is 0 Å². The highest BCUT2D eigenvalue weighted by atomic mass is 79.9. The summed E-state index contributed by atoms with van der Waals surface area (Å²) in [5.41, 5.74) is 2.16. The second-order valence-corrected chi connectivity index (χ2v) is 9.64. The minimum Gasteiger partial charge on any atom is -0.479 e. The lowest BCUT2D eigenvalue weighted by atomic mass is 9.92. The number of anilines is 1. The van der Waals surface area contributed by atoms with Crippen LogP contribution in [0, 0.1) is 13.8 Å². The lowest BCUT2D eigenvalue weighted by molar-refractivity contribution is -0.160. The van der Waals surface area contributed by atoms with Crippen LogP contribution in [0.4, 0.5) is 5.69 Å². The molecule has 1 aromatic heterocycles. The van der Waals surface area contributed by atoms with Gasteiger partial charge in [0.15, 0.2) is 6.10 Å². The fraction of sp³-hybridized carbons (Fsp3) is 0.636.